The molecule has 0 aliphatic rings. The van der Waals surface area contributed by atoms with Gasteiger partial charge in [-0.15, -0.1) is 22.7 Å². The van der Waals surface area contributed by atoms with Crippen LogP contribution in [0, 0.1) is 10.1 Å². The highest BCUT2D eigenvalue weighted by molar-refractivity contribution is 7.36. The van der Waals surface area contributed by atoms with E-state index < -0.39 is 0 Å². The Hall–Kier alpha value is -1.98. The molecule has 4 aromatic rings. The van der Waals surface area contributed by atoms with Crippen molar-refractivity contribution >= 4 is 57.9 Å². The number of non-ortho nitro benzene ring substituents is 1. The third kappa shape index (κ3) is 1.49. The lowest BCUT2D eigenvalue weighted by Crippen LogP contribution is -1.85. The van der Waals surface area contributed by atoms with Gasteiger partial charge in [-0.05, 0) is 12.1 Å². The van der Waals surface area contributed by atoms with E-state index in [2.05, 4.69) is 12.1 Å². The molecule has 0 aliphatic carbocycles. The van der Waals surface area contributed by atoms with Gasteiger partial charge in [0, 0.05) is 32.3 Å². The zero-order valence-electron chi connectivity index (χ0n) is 9.62. The van der Waals surface area contributed by atoms with Gasteiger partial charge in [0.1, 0.15) is 0 Å². The SMILES string of the molecule is O=[N+]([O-])c1ccc2sc3c4ccccc4sc3c2c1. The molecule has 19 heavy (non-hydrogen) atoms. The van der Waals surface area contributed by atoms with Crippen LogP contribution < -0.4 is 0 Å². The molecule has 0 fully saturated rings. The van der Waals surface area contributed by atoms with Gasteiger partial charge in [0.15, 0.2) is 0 Å². The zero-order chi connectivity index (χ0) is 13.0. The van der Waals surface area contributed by atoms with Gasteiger partial charge in [-0.25, -0.2) is 0 Å². The van der Waals surface area contributed by atoms with Crippen LogP contribution in [-0.4, -0.2) is 4.92 Å². The van der Waals surface area contributed by atoms with E-state index >= 15 is 0 Å². The number of hydrogen-bond acceptors (Lipinski definition) is 4. The smallest absolute Gasteiger partial charge is 0.258 e. The summed E-state index contributed by atoms with van der Waals surface area (Å²) in [5.74, 6) is 0. The Morgan fingerprint density at radius 2 is 1.58 bits per heavy atom. The van der Waals surface area contributed by atoms with Crippen LogP contribution in [0.2, 0.25) is 0 Å². The first kappa shape index (κ1) is 10.9. The van der Waals surface area contributed by atoms with Crippen LogP contribution in [0.25, 0.3) is 29.6 Å². The van der Waals surface area contributed by atoms with Crippen molar-refractivity contribution in [3.05, 3.63) is 52.6 Å². The van der Waals surface area contributed by atoms with Crippen molar-refractivity contribution in [2.24, 2.45) is 0 Å². The average Bonchev–Trinajstić information content (AvgIpc) is 2.94. The summed E-state index contributed by atoms with van der Waals surface area (Å²) < 4.78 is 4.73. The largest absolute Gasteiger partial charge is 0.270 e. The first-order valence-electron chi connectivity index (χ1n) is 5.72. The minimum absolute atomic E-state index is 0.157. The molecular weight excluding hydrogens is 278 g/mol. The highest BCUT2D eigenvalue weighted by atomic mass is 32.1. The molecule has 92 valence electrons. The fourth-order valence-electron chi connectivity index (χ4n) is 2.31. The fourth-order valence-corrected chi connectivity index (χ4v) is 4.93. The van der Waals surface area contributed by atoms with E-state index in [1.165, 1.54) is 14.8 Å². The molecule has 0 amide bonds. The molecule has 2 heterocycles. The topological polar surface area (TPSA) is 43.1 Å². The Morgan fingerprint density at radius 1 is 0.895 bits per heavy atom. The van der Waals surface area contributed by atoms with Gasteiger partial charge >= 0.3 is 0 Å². The molecule has 4 rings (SSSR count). The summed E-state index contributed by atoms with van der Waals surface area (Å²) in [5.41, 5.74) is 0.157. The normalized spacial score (nSPS) is 11.6. The van der Waals surface area contributed by atoms with E-state index in [0.717, 1.165) is 14.8 Å². The Labute approximate surface area is 115 Å². The number of nitro benzene ring substituents is 1. The number of benzene rings is 2. The second kappa shape index (κ2) is 3.76. The Kier molecular flexibility index (Phi) is 2.15. The van der Waals surface area contributed by atoms with Gasteiger partial charge in [-0.1, -0.05) is 18.2 Å². The van der Waals surface area contributed by atoms with E-state index in [0.29, 0.717) is 0 Å². The monoisotopic (exact) mass is 285 g/mol. The lowest BCUT2D eigenvalue weighted by atomic mass is 10.2. The van der Waals surface area contributed by atoms with Gasteiger partial charge < -0.3 is 0 Å². The number of fused-ring (bicyclic) bond motifs is 5. The lowest BCUT2D eigenvalue weighted by molar-refractivity contribution is -0.384. The summed E-state index contributed by atoms with van der Waals surface area (Å²) in [5, 5.41) is 13.1. The van der Waals surface area contributed by atoms with Crippen LogP contribution in [0.5, 0.6) is 0 Å². The predicted molar refractivity (Wildman–Crippen MR) is 81.4 cm³/mol. The van der Waals surface area contributed by atoms with Crippen LogP contribution >= 0.6 is 22.7 Å². The van der Waals surface area contributed by atoms with Gasteiger partial charge in [0.05, 0.1) is 14.3 Å². The Balaban J connectivity index is 2.19. The third-order valence-electron chi connectivity index (χ3n) is 3.18. The molecule has 0 radical (unpaired) electrons. The predicted octanol–water partition coefficient (Wildman–Crippen LogP) is 5.18. The minimum atomic E-state index is -0.337. The van der Waals surface area contributed by atoms with Crippen molar-refractivity contribution < 1.29 is 4.92 Å². The van der Waals surface area contributed by atoms with Crippen LogP contribution in [0.4, 0.5) is 5.69 Å². The molecule has 0 saturated carbocycles. The van der Waals surface area contributed by atoms with Gasteiger partial charge in [-0.2, -0.15) is 0 Å². The number of thiophene rings is 2. The molecule has 5 heteroatoms. The molecule has 0 spiro atoms. The van der Waals surface area contributed by atoms with Crippen molar-refractivity contribution in [1.29, 1.82) is 0 Å². The molecular formula is C14H7NO2S2. The molecule has 3 nitrogen and oxygen atoms in total. The molecule has 0 atom stereocenters. The molecule has 0 bridgehead atoms. The van der Waals surface area contributed by atoms with E-state index in [1.807, 2.05) is 18.2 Å². The molecule has 2 aromatic heterocycles. The summed E-state index contributed by atoms with van der Waals surface area (Å²) in [6, 6.07) is 13.4. The number of nitro groups is 1. The number of nitrogens with zero attached hydrogens (tertiary/aromatic N) is 1. The summed E-state index contributed by atoms with van der Waals surface area (Å²) in [6.07, 6.45) is 0. The second-order valence-electron chi connectivity index (χ2n) is 4.30. The highest BCUT2D eigenvalue weighted by Crippen LogP contribution is 2.44. The fraction of sp³-hybridized carbons (Fsp3) is 0. The molecule has 0 N–H and O–H groups in total. The summed E-state index contributed by atoms with van der Waals surface area (Å²) in [6.45, 7) is 0. The van der Waals surface area contributed by atoms with Crippen molar-refractivity contribution in [2.75, 3.05) is 0 Å². The standard InChI is InChI=1S/C14H7NO2S2/c16-15(17)8-5-6-12-10(7-8)14-13(19-12)9-3-1-2-4-11(9)18-14/h1-7H. The summed E-state index contributed by atoms with van der Waals surface area (Å²) >= 11 is 3.41. The average molecular weight is 285 g/mol. The molecule has 0 unspecified atom stereocenters. The number of hydrogen-bond donors (Lipinski definition) is 0. The molecule has 2 aromatic carbocycles. The van der Waals surface area contributed by atoms with Crippen molar-refractivity contribution in [1.82, 2.24) is 0 Å². The van der Waals surface area contributed by atoms with Gasteiger partial charge in [-0.3, -0.25) is 10.1 Å². The third-order valence-corrected chi connectivity index (χ3v) is 5.72. The van der Waals surface area contributed by atoms with Crippen LogP contribution in [-0.2, 0) is 0 Å². The highest BCUT2D eigenvalue weighted by Gasteiger charge is 2.14. The second-order valence-corrected chi connectivity index (χ2v) is 6.40. The van der Waals surface area contributed by atoms with E-state index in [4.69, 9.17) is 0 Å². The van der Waals surface area contributed by atoms with E-state index in [-0.39, 0.29) is 10.6 Å². The summed E-state index contributed by atoms with van der Waals surface area (Å²) in [7, 11) is 0. The van der Waals surface area contributed by atoms with Crippen molar-refractivity contribution in [2.45, 2.75) is 0 Å². The van der Waals surface area contributed by atoms with Crippen LogP contribution in [0.1, 0.15) is 0 Å². The lowest BCUT2D eigenvalue weighted by Gasteiger charge is -1.91. The van der Waals surface area contributed by atoms with Crippen LogP contribution in [0.15, 0.2) is 42.5 Å². The molecule has 0 saturated heterocycles. The summed E-state index contributed by atoms with van der Waals surface area (Å²) in [4.78, 5) is 10.6. The van der Waals surface area contributed by atoms with E-state index in [1.54, 1.807) is 34.8 Å². The van der Waals surface area contributed by atoms with Crippen LogP contribution in [0.3, 0.4) is 0 Å². The Bertz CT molecular complexity index is 952. The minimum Gasteiger partial charge on any atom is -0.258 e. The zero-order valence-corrected chi connectivity index (χ0v) is 11.3. The van der Waals surface area contributed by atoms with E-state index in [9.17, 15) is 10.1 Å². The Morgan fingerprint density at radius 3 is 2.37 bits per heavy atom. The van der Waals surface area contributed by atoms with Crippen molar-refractivity contribution in [3.8, 4) is 0 Å². The maximum Gasteiger partial charge on any atom is 0.270 e. The first-order valence-corrected chi connectivity index (χ1v) is 7.35. The van der Waals surface area contributed by atoms with Gasteiger partial charge in [0.25, 0.3) is 5.69 Å². The maximum atomic E-state index is 10.9. The quantitative estimate of drug-likeness (QED) is 0.357. The maximum absolute atomic E-state index is 10.9. The molecule has 0 aliphatic heterocycles. The van der Waals surface area contributed by atoms with Crippen molar-refractivity contribution in [3.63, 3.8) is 0 Å². The first-order chi connectivity index (χ1) is 9.24. The van der Waals surface area contributed by atoms with Gasteiger partial charge in [0.2, 0.25) is 0 Å². The number of rotatable bonds is 1.